The van der Waals surface area contributed by atoms with Gasteiger partial charge in [0.05, 0.1) is 27.9 Å². The number of carbonyl (C=O) groups is 1. The van der Waals surface area contributed by atoms with Crippen molar-refractivity contribution in [2.24, 2.45) is 0 Å². The third-order valence-electron chi connectivity index (χ3n) is 4.27. The fraction of sp³-hybridized carbons (Fsp3) is 0.350. The molecule has 0 spiro atoms. The third kappa shape index (κ3) is 4.89. The molecule has 0 aliphatic carbocycles. The predicted octanol–water partition coefficient (Wildman–Crippen LogP) is 1.07. The Hall–Kier alpha value is -3.01. The second kappa shape index (κ2) is 9.97. The summed E-state index contributed by atoms with van der Waals surface area (Å²) < 4.78 is 21.3. The average Bonchev–Trinajstić information content (AvgIpc) is 2.76. The van der Waals surface area contributed by atoms with Crippen LogP contribution >= 0.6 is 0 Å². The molecule has 158 valence electrons. The molecule has 2 rings (SSSR count). The number of phenolic OH excluding ortho intramolecular Hbond substituents is 1. The Morgan fingerprint density at radius 2 is 1.55 bits per heavy atom. The van der Waals surface area contributed by atoms with Gasteiger partial charge < -0.3 is 39.4 Å². The molecule has 0 saturated carbocycles. The molecule has 0 radical (unpaired) electrons. The number of methoxy groups -OCH3 is 3. The lowest BCUT2D eigenvalue weighted by Gasteiger charge is -2.25. The van der Waals surface area contributed by atoms with Crippen molar-refractivity contribution in [3.63, 3.8) is 0 Å². The van der Waals surface area contributed by atoms with Crippen LogP contribution in [0.5, 0.6) is 28.7 Å². The topological polar surface area (TPSA) is 135 Å². The van der Waals surface area contributed by atoms with E-state index in [1.54, 1.807) is 0 Å². The summed E-state index contributed by atoms with van der Waals surface area (Å²) in [6.45, 7) is -1.25. The van der Waals surface area contributed by atoms with Crippen LogP contribution < -0.4 is 18.9 Å². The molecule has 0 aliphatic rings. The van der Waals surface area contributed by atoms with Crippen molar-refractivity contribution in [1.29, 1.82) is 0 Å². The largest absolute Gasteiger partial charge is 0.504 e. The number of benzene rings is 2. The number of aliphatic hydroxyl groups excluding tert-OH is 3. The van der Waals surface area contributed by atoms with E-state index < -0.39 is 31.2 Å². The van der Waals surface area contributed by atoms with Gasteiger partial charge in [-0.15, -0.1) is 0 Å². The summed E-state index contributed by atoms with van der Waals surface area (Å²) in [4.78, 5) is 11.8. The second-order valence-electron chi connectivity index (χ2n) is 6.01. The van der Waals surface area contributed by atoms with Gasteiger partial charge >= 0.3 is 0 Å². The van der Waals surface area contributed by atoms with E-state index in [9.17, 15) is 20.1 Å². The van der Waals surface area contributed by atoms with Gasteiger partial charge in [0.15, 0.2) is 34.9 Å². The fourth-order valence-electron chi connectivity index (χ4n) is 2.69. The van der Waals surface area contributed by atoms with Crippen molar-refractivity contribution >= 4 is 5.78 Å². The first kappa shape index (κ1) is 22.3. The molecular weight excluding hydrogens is 384 g/mol. The van der Waals surface area contributed by atoms with Crippen LogP contribution in [0.4, 0.5) is 0 Å². The number of Topliss-reactive ketones (excluding diaryl/α,β-unsaturated/α-hetero) is 1. The van der Waals surface area contributed by atoms with Crippen molar-refractivity contribution in [3.05, 3.63) is 41.5 Å². The van der Waals surface area contributed by atoms with Gasteiger partial charge in [-0.05, 0) is 29.8 Å². The summed E-state index contributed by atoms with van der Waals surface area (Å²) in [7, 11) is 4.07. The van der Waals surface area contributed by atoms with Gasteiger partial charge in [-0.25, -0.2) is 0 Å². The number of ether oxygens (including phenoxy) is 4. The van der Waals surface area contributed by atoms with Crippen LogP contribution in [0.25, 0.3) is 0 Å². The quantitative estimate of drug-likeness (QED) is 0.426. The van der Waals surface area contributed by atoms with Gasteiger partial charge in [-0.1, -0.05) is 6.07 Å². The highest BCUT2D eigenvalue weighted by Gasteiger charge is 2.27. The molecule has 0 fully saturated rings. The number of carbonyl (C=O) groups excluding carboxylic acids is 1. The highest BCUT2D eigenvalue weighted by atomic mass is 16.6. The molecule has 29 heavy (non-hydrogen) atoms. The first-order valence-corrected chi connectivity index (χ1v) is 8.62. The van der Waals surface area contributed by atoms with Gasteiger partial charge in [0.25, 0.3) is 0 Å². The summed E-state index contributed by atoms with van der Waals surface area (Å²) in [5.74, 6) is -0.181. The molecule has 2 unspecified atom stereocenters. The van der Waals surface area contributed by atoms with E-state index in [1.807, 2.05) is 0 Å². The minimum absolute atomic E-state index is 0.0633. The van der Waals surface area contributed by atoms with Crippen LogP contribution in [0, 0.1) is 0 Å². The molecule has 9 heteroatoms. The number of aromatic hydroxyl groups is 1. The second-order valence-corrected chi connectivity index (χ2v) is 6.01. The molecular formula is C20H24O9. The van der Waals surface area contributed by atoms with E-state index in [4.69, 9.17) is 24.1 Å². The molecule has 0 aromatic heterocycles. The lowest BCUT2D eigenvalue weighted by Crippen LogP contribution is -2.29. The maximum absolute atomic E-state index is 11.8. The monoisotopic (exact) mass is 408 g/mol. The number of rotatable bonds is 10. The van der Waals surface area contributed by atoms with Gasteiger partial charge in [0.1, 0.15) is 12.7 Å². The molecule has 0 aliphatic heterocycles. The summed E-state index contributed by atoms with van der Waals surface area (Å²) >= 11 is 0. The number of phenols is 1. The Kier molecular flexibility index (Phi) is 7.66. The minimum atomic E-state index is -1.29. The van der Waals surface area contributed by atoms with Crippen LogP contribution in [0.3, 0.4) is 0 Å². The van der Waals surface area contributed by atoms with E-state index >= 15 is 0 Å². The first-order chi connectivity index (χ1) is 13.9. The maximum atomic E-state index is 11.8. The van der Waals surface area contributed by atoms with Crippen molar-refractivity contribution in [2.45, 2.75) is 12.2 Å². The van der Waals surface area contributed by atoms with E-state index in [0.29, 0.717) is 5.56 Å². The Morgan fingerprint density at radius 1 is 0.966 bits per heavy atom. The smallest absolute Gasteiger partial charge is 0.204 e. The average molecular weight is 408 g/mol. The Balaban J connectivity index is 2.40. The number of hydrogen-bond acceptors (Lipinski definition) is 9. The zero-order valence-electron chi connectivity index (χ0n) is 16.3. The summed E-state index contributed by atoms with van der Waals surface area (Å²) in [5, 5.41) is 39.2. The first-order valence-electron chi connectivity index (χ1n) is 8.62. The van der Waals surface area contributed by atoms with Crippen molar-refractivity contribution in [2.75, 3.05) is 34.5 Å². The van der Waals surface area contributed by atoms with Crippen LogP contribution in [0.15, 0.2) is 30.3 Å². The lowest BCUT2D eigenvalue weighted by molar-refractivity contribution is -0.00176. The van der Waals surface area contributed by atoms with Crippen molar-refractivity contribution in [1.82, 2.24) is 0 Å². The summed E-state index contributed by atoms with van der Waals surface area (Å²) in [5.41, 5.74) is 0.488. The molecule has 9 nitrogen and oxygen atoms in total. The molecule has 4 N–H and O–H groups in total. The van der Waals surface area contributed by atoms with Crippen LogP contribution in [0.1, 0.15) is 22.0 Å². The van der Waals surface area contributed by atoms with Gasteiger partial charge in [-0.2, -0.15) is 0 Å². The van der Waals surface area contributed by atoms with E-state index in [-0.39, 0.29) is 34.3 Å². The summed E-state index contributed by atoms with van der Waals surface area (Å²) in [6, 6.07) is 6.96. The zero-order chi connectivity index (χ0) is 21.6. The van der Waals surface area contributed by atoms with Crippen LogP contribution in [0.2, 0.25) is 0 Å². The van der Waals surface area contributed by atoms with Crippen LogP contribution in [-0.4, -0.2) is 66.9 Å². The number of ketones is 1. The molecule has 0 amide bonds. The molecule has 2 aromatic carbocycles. The standard InChI is InChI=1S/C20H24O9/c1-26-15-6-11(4-5-13(15)23)19(25)18(10-22)29-20-16(27-2)7-12(14(24)9-21)8-17(20)28-3/h4-8,18-19,21-23,25H,9-10H2,1-3H3. The summed E-state index contributed by atoms with van der Waals surface area (Å²) in [6.07, 6.45) is -2.42. The molecule has 0 heterocycles. The fourth-order valence-corrected chi connectivity index (χ4v) is 2.69. The van der Waals surface area contributed by atoms with Gasteiger partial charge in [0.2, 0.25) is 5.75 Å². The Labute approximate surface area is 167 Å². The Morgan fingerprint density at radius 3 is 2.03 bits per heavy atom. The highest BCUT2D eigenvalue weighted by Crippen LogP contribution is 2.41. The number of aliphatic hydroxyl groups is 3. The van der Waals surface area contributed by atoms with Gasteiger partial charge in [-0.3, -0.25) is 4.79 Å². The van der Waals surface area contributed by atoms with E-state index in [0.717, 1.165) is 0 Å². The van der Waals surface area contributed by atoms with Crippen LogP contribution in [-0.2, 0) is 0 Å². The lowest BCUT2D eigenvalue weighted by atomic mass is 10.0. The zero-order valence-corrected chi connectivity index (χ0v) is 16.3. The maximum Gasteiger partial charge on any atom is 0.204 e. The number of hydrogen-bond donors (Lipinski definition) is 4. The predicted molar refractivity (Wildman–Crippen MR) is 102 cm³/mol. The SMILES string of the molecule is COc1cc(C(O)C(CO)Oc2c(OC)cc(C(=O)CO)cc2OC)ccc1O. The molecule has 0 saturated heterocycles. The molecule has 2 atom stereocenters. The normalized spacial score (nSPS) is 12.8. The molecule has 2 aromatic rings. The van der Waals surface area contributed by atoms with Crippen molar-refractivity contribution in [3.8, 4) is 28.7 Å². The minimum Gasteiger partial charge on any atom is -0.504 e. The highest BCUT2D eigenvalue weighted by molar-refractivity contribution is 5.98. The van der Waals surface area contributed by atoms with E-state index in [2.05, 4.69) is 0 Å². The Bertz CT molecular complexity index is 825. The van der Waals surface area contributed by atoms with Gasteiger partial charge in [0, 0.05) is 5.56 Å². The van der Waals surface area contributed by atoms with E-state index in [1.165, 1.54) is 51.7 Å². The third-order valence-corrected chi connectivity index (χ3v) is 4.27. The molecule has 0 bridgehead atoms. The van der Waals surface area contributed by atoms with Crippen molar-refractivity contribution < 1.29 is 44.2 Å².